The number of carbonyl (C=O) groups is 6. The standard InChI is InChI=1S/C20H33N5O8/c1-3-10(2)16(22)18(30)23-11(6-7-14(21)26)19(31)25-8-4-5-13(25)17(29)24-12(20(32)33)9-15(27)28/h10-13,16H,3-9,22H2,1-2H3,(H2,21,26)(H,23,30)(H,24,29)(H,27,28)(H,32,33). The van der Waals surface area contributed by atoms with Crippen molar-refractivity contribution in [2.75, 3.05) is 6.54 Å². The molecule has 1 saturated heterocycles. The molecule has 0 saturated carbocycles. The lowest BCUT2D eigenvalue weighted by molar-refractivity contribution is -0.148. The minimum atomic E-state index is -1.66. The van der Waals surface area contributed by atoms with E-state index in [1.165, 1.54) is 4.90 Å². The molecule has 33 heavy (non-hydrogen) atoms. The number of amides is 4. The van der Waals surface area contributed by atoms with Crippen LogP contribution in [0.4, 0.5) is 0 Å². The van der Waals surface area contributed by atoms with Crippen molar-refractivity contribution < 1.29 is 39.0 Å². The van der Waals surface area contributed by atoms with E-state index in [9.17, 15) is 28.8 Å². The number of carboxylic acid groups (broad SMARTS) is 2. The average Bonchev–Trinajstić information content (AvgIpc) is 3.23. The number of nitrogens with one attached hydrogen (secondary N) is 2. The molecule has 0 aliphatic carbocycles. The van der Waals surface area contributed by atoms with Gasteiger partial charge in [-0.3, -0.25) is 24.0 Å². The molecule has 0 aromatic carbocycles. The molecule has 5 atom stereocenters. The van der Waals surface area contributed by atoms with Gasteiger partial charge < -0.3 is 37.2 Å². The van der Waals surface area contributed by atoms with E-state index in [0.717, 1.165) is 0 Å². The summed E-state index contributed by atoms with van der Waals surface area (Å²) in [5.74, 6) is -5.80. The lowest BCUT2D eigenvalue weighted by Crippen LogP contribution is -2.57. The van der Waals surface area contributed by atoms with Gasteiger partial charge in [-0.1, -0.05) is 20.3 Å². The van der Waals surface area contributed by atoms with E-state index in [-0.39, 0.29) is 31.7 Å². The fourth-order valence-corrected chi connectivity index (χ4v) is 3.47. The summed E-state index contributed by atoms with van der Waals surface area (Å²) in [5, 5.41) is 22.7. The van der Waals surface area contributed by atoms with Gasteiger partial charge in [-0.25, -0.2) is 4.79 Å². The Hall–Kier alpha value is -3.22. The van der Waals surface area contributed by atoms with E-state index in [4.69, 9.17) is 21.7 Å². The van der Waals surface area contributed by atoms with E-state index in [1.54, 1.807) is 6.92 Å². The first-order valence-electron chi connectivity index (χ1n) is 10.8. The number of carbonyl (C=O) groups excluding carboxylic acids is 4. The predicted octanol–water partition coefficient (Wildman–Crippen LogP) is -1.85. The summed E-state index contributed by atoms with van der Waals surface area (Å²) in [5.41, 5.74) is 11.1. The Kier molecular flexibility index (Phi) is 10.7. The maximum Gasteiger partial charge on any atom is 0.326 e. The zero-order valence-electron chi connectivity index (χ0n) is 18.8. The maximum absolute atomic E-state index is 13.2. The van der Waals surface area contributed by atoms with Gasteiger partial charge in [0, 0.05) is 13.0 Å². The van der Waals surface area contributed by atoms with Crippen molar-refractivity contribution in [3.8, 4) is 0 Å². The lowest BCUT2D eigenvalue weighted by atomic mass is 9.98. The number of rotatable bonds is 13. The van der Waals surface area contributed by atoms with E-state index in [0.29, 0.717) is 12.8 Å². The largest absolute Gasteiger partial charge is 0.481 e. The highest BCUT2D eigenvalue weighted by atomic mass is 16.4. The summed E-state index contributed by atoms with van der Waals surface area (Å²) in [6, 6.07) is -4.76. The second-order valence-electron chi connectivity index (χ2n) is 8.16. The first-order chi connectivity index (χ1) is 15.4. The molecule has 5 unspecified atom stereocenters. The molecule has 0 bridgehead atoms. The molecule has 1 aliphatic heterocycles. The number of primary amides is 1. The topological polar surface area (TPSA) is 222 Å². The van der Waals surface area contributed by atoms with Crippen LogP contribution in [0.25, 0.3) is 0 Å². The number of carboxylic acids is 2. The molecule has 4 amide bonds. The van der Waals surface area contributed by atoms with Crippen molar-refractivity contribution in [1.82, 2.24) is 15.5 Å². The third-order valence-corrected chi connectivity index (χ3v) is 5.69. The molecular formula is C20H33N5O8. The zero-order chi connectivity index (χ0) is 25.3. The van der Waals surface area contributed by atoms with Gasteiger partial charge in [0.15, 0.2) is 0 Å². The van der Waals surface area contributed by atoms with Crippen LogP contribution in [0.5, 0.6) is 0 Å². The number of aliphatic carboxylic acids is 2. The highest BCUT2D eigenvalue weighted by Gasteiger charge is 2.39. The summed E-state index contributed by atoms with van der Waals surface area (Å²) in [6.07, 6.45) is 0.161. The van der Waals surface area contributed by atoms with Crippen molar-refractivity contribution >= 4 is 35.6 Å². The van der Waals surface area contributed by atoms with Crippen LogP contribution in [-0.4, -0.2) is 81.4 Å². The van der Waals surface area contributed by atoms with Crippen molar-refractivity contribution in [3.63, 3.8) is 0 Å². The van der Waals surface area contributed by atoms with Crippen molar-refractivity contribution in [1.29, 1.82) is 0 Å². The molecule has 13 heteroatoms. The predicted molar refractivity (Wildman–Crippen MR) is 114 cm³/mol. The third kappa shape index (κ3) is 8.33. The van der Waals surface area contributed by atoms with Gasteiger partial charge in [0.1, 0.15) is 18.1 Å². The highest BCUT2D eigenvalue weighted by Crippen LogP contribution is 2.20. The van der Waals surface area contributed by atoms with Crippen LogP contribution in [0.2, 0.25) is 0 Å². The summed E-state index contributed by atoms with van der Waals surface area (Å²) >= 11 is 0. The van der Waals surface area contributed by atoms with Gasteiger partial charge in [0.05, 0.1) is 12.5 Å². The number of hydrogen-bond donors (Lipinski definition) is 6. The quantitative estimate of drug-likeness (QED) is 0.177. The Balaban J connectivity index is 3.00. The van der Waals surface area contributed by atoms with Crippen molar-refractivity contribution in [2.45, 2.75) is 76.5 Å². The molecule has 0 spiro atoms. The number of likely N-dealkylation sites (tertiary alicyclic amines) is 1. The minimum absolute atomic E-state index is 0.102. The van der Waals surface area contributed by atoms with Gasteiger partial charge >= 0.3 is 11.9 Å². The van der Waals surface area contributed by atoms with E-state index in [2.05, 4.69) is 10.6 Å². The minimum Gasteiger partial charge on any atom is -0.481 e. The van der Waals surface area contributed by atoms with Crippen molar-refractivity contribution in [2.24, 2.45) is 17.4 Å². The maximum atomic E-state index is 13.2. The van der Waals surface area contributed by atoms with Crippen LogP contribution >= 0.6 is 0 Å². The Morgan fingerprint density at radius 3 is 2.24 bits per heavy atom. The first-order valence-corrected chi connectivity index (χ1v) is 10.8. The van der Waals surface area contributed by atoms with Crippen LogP contribution in [0, 0.1) is 5.92 Å². The second-order valence-corrected chi connectivity index (χ2v) is 8.16. The number of nitrogens with zero attached hydrogens (tertiary/aromatic N) is 1. The second kappa shape index (κ2) is 12.7. The smallest absolute Gasteiger partial charge is 0.326 e. The molecular weight excluding hydrogens is 438 g/mol. The first kappa shape index (κ1) is 27.8. The fourth-order valence-electron chi connectivity index (χ4n) is 3.47. The molecule has 0 aromatic rings. The van der Waals surface area contributed by atoms with Crippen LogP contribution < -0.4 is 22.1 Å². The fraction of sp³-hybridized carbons (Fsp3) is 0.700. The normalized spacial score (nSPS) is 19.1. The summed E-state index contributed by atoms with van der Waals surface area (Å²) in [7, 11) is 0. The molecule has 1 aliphatic rings. The van der Waals surface area contributed by atoms with Crippen molar-refractivity contribution in [3.05, 3.63) is 0 Å². The molecule has 186 valence electrons. The Bertz CT molecular complexity index is 774. The van der Waals surface area contributed by atoms with Crippen LogP contribution in [-0.2, 0) is 28.8 Å². The Morgan fingerprint density at radius 2 is 1.73 bits per heavy atom. The molecule has 1 heterocycles. The zero-order valence-corrected chi connectivity index (χ0v) is 18.8. The molecule has 1 rings (SSSR count). The summed E-state index contributed by atoms with van der Waals surface area (Å²) in [6.45, 7) is 3.80. The molecule has 0 aromatic heterocycles. The Labute approximate surface area is 191 Å². The lowest BCUT2D eigenvalue weighted by Gasteiger charge is -2.30. The Morgan fingerprint density at radius 1 is 1.09 bits per heavy atom. The van der Waals surface area contributed by atoms with Crippen LogP contribution in [0.1, 0.15) is 52.4 Å². The van der Waals surface area contributed by atoms with Gasteiger partial charge in [-0.15, -0.1) is 0 Å². The van der Waals surface area contributed by atoms with E-state index < -0.39 is 66.2 Å². The highest BCUT2D eigenvalue weighted by molar-refractivity contribution is 5.95. The average molecular weight is 472 g/mol. The van der Waals surface area contributed by atoms with Gasteiger partial charge in [0.25, 0.3) is 0 Å². The van der Waals surface area contributed by atoms with Gasteiger partial charge in [-0.05, 0) is 25.2 Å². The summed E-state index contributed by atoms with van der Waals surface area (Å²) < 4.78 is 0. The van der Waals surface area contributed by atoms with Crippen LogP contribution in [0.15, 0.2) is 0 Å². The third-order valence-electron chi connectivity index (χ3n) is 5.69. The number of nitrogens with two attached hydrogens (primary N) is 2. The van der Waals surface area contributed by atoms with Gasteiger partial charge in [0.2, 0.25) is 23.6 Å². The van der Waals surface area contributed by atoms with E-state index >= 15 is 0 Å². The SMILES string of the molecule is CCC(C)C(N)C(=O)NC(CCC(N)=O)C(=O)N1CCCC1C(=O)NC(CC(=O)O)C(=O)O. The molecule has 0 radical (unpaired) electrons. The monoisotopic (exact) mass is 471 g/mol. The molecule has 1 fully saturated rings. The summed E-state index contributed by atoms with van der Waals surface area (Å²) in [4.78, 5) is 73.0. The molecule has 13 nitrogen and oxygen atoms in total. The van der Waals surface area contributed by atoms with Crippen LogP contribution in [0.3, 0.4) is 0 Å². The molecule has 8 N–H and O–H groups in total. The van der Waals surface area contributed by atoms with Gasteiger partial charge in [-0.2, -0.15) is 0 Å². The number of hydrogen-bond acceptors (Lipinski definition) is 7. The van der Waals surface area contributed by atoms with E-state index in [1.807, 2.05) is 6.92 Å².